The lowest BCUT2D eigenvalue weighted by Gasteiger charge is -2.10. The Labute approximate surface area is 156 Å². The van der Waals surface area contributed by atoms with Gasteiger partial charge in [0.15, 0.2) is 9.84 Å². The molecule has 2 N–H and O–H groups in total. The van der Waals surface area contributed by atoms with Crippen molar-refractivity contribution in [2.24, 2.45) is 0 Å². The predicted molar refractivity (Wildman–Crippen MR) is 102 cm³/mol. The van der Waals surface area contributed by atoms with Crippen molar-refractivity contribution in [2.75, 3.05) is 11.6 Å². The molecule has 8 heteroatoms. The lowest BCUT2D eigenvalue weighted by atomic mass is 10.0. The second kappa shape index (κ2) is 7.59. The molecule has 0 saturated heterocycles. The minimum atomic E-state index is -3.46. The molecule has 0 aliphatic carbocycles. The summed E-state index contributed by atoms with van der Waals surface area (Å²) < 4.78 is 23.6. The maximum absolute atomic E-state index is 12.8. The van der Waals surface area contributed by atoms with E-state index in [1.54, 1.807) is 6.07 Å². The number of hydrogen-bond acceptors (Lipinski definition) is 5. The number of hydrogen-bond donors (Lipinski definition) is 2. The number of aromatic carboxylic acids is 1. The number of amides is 1. The van der Waals surface area contributed by atoms with E-state index in [9.17, 15) is 23.1 Å². The molecule has 2 aromatic rings. The van der Waals surface area contributed by atoms with Crippen LogP contribution < -0.4 is 5.32 Å². The molecule has 1 amide bonds. The summed E-state index contributed by atoms with van der Waals surface area (Å²) in [7, 11) is -3.46. The highest BCUT2D eigenvalue weighted by Gasteiger charge is 2.23. The number of aryl methyl sites for hydroxylation is 2. The number of carbonyl (C=O) groups is 2. The fourth-order valence-electron chi connectivity index (χ4n) is 2.80. The monoisotopic (exact) mass is 395 g/mol. The van der Waals surface area contributed by atoms with Crippen LogP contribution >= 0.6 is 11.3 Å². The highest BCUT2D eigenvalue weighted by Crippen LogP contribution is 2.34. The van der Waals surface area contributed by atoms with Gasteiger partial charge in [0.25, 0.3) is 5.91 Å². The van der Waals surface area contributed by atoms with Gasteiger partial charge in [0.1, 0.15) is 5.00 Å². The van der Waals surface area contributed by atoms with Crippen molar-refractivity contribution in [1.82, 2.24) is 0 Å². The van der Waals surface area contributed by atoms with Gasteiger partial charge in [-0.05, 0) is 43.0 Å². The molecule has 0 fully saturated rings. The summed E-state index contributed by atoms with van der Waals surface area (Å²) in [5, 5.41) is 12.4. The van der Waals surface area contributed by atoms with Crippen molar-refractivity contribution >= 4 is 38.1 Å². The van der Waals surface area contributed by atoms with Crippen LogP contribution in [0.25, 0.3) is 0 Å². The number of sulfone groups is 1. The molecule has 1 aromatic carbocycles. The lowest BCUT2D eigenvalue weighted by molar-refractivity contribution is 0.0697. The maximum atomic E-state index is 12.8. The van der Waals surface area contributed by atoms with Crippen LogP contribution in [0.15, 0.2) is 23.1 Å². The van der Waals surface area contributed by atoms with E-state index in [1.165, 1.54) is 23.5 Å². The first-order valence-corrected chi connectivity index (χ1v) is 10.8. The Morgan fingerprint density at radius 1 is 1.19 bits per heavy atom. The molecule has 26 heavy (non-hydrogen) atoms. The molecule has 0 spiro atoms. The second-order valence-electron chi connectivity index (χ2n) is 5.90. The number of carboxylic acids is 1. The third-order valence-electron chi connectivity index (χ3n) is 4.14. The van der Waals surface area contributed by atoms with Crippen molar-refractivity contribution in [1.29, 1.82) is 0 Å². The van der Waals surface area contributed by atoms with Crippen molar-refractivity contribution in [3.05, 3.63) is 45.3 Å². The first-order chi connectivity index (χ1) is 12.1. The molecule has 1 aromatic heterocycles. The van der Waals surface area contributed by atoms with E-state index in [0.717, 1.165) is 11.1 Å². The van der Waals surface area contributed by atoms with Gasteiger partial charge in [-0.3, -0.25) is 4.79 Å². The van der Waals surface area contributed by atoms with E-state index in [2.05, 4.69) is 5.32 Å². The van der Waals surface area contributed by atoms with Crippen LogP contribution in [0.1, 0.15) is 50.6 Å². The number of anilines is 1. The Morgan fingerprint density at radius 2 is 1.85 bits per heavy atom. The standard InChI is InChI=1S/C18H21NO5S2/c1-5-11-7-8-12(26(4,23)24)9-14(11)16(20)19-17-15(18(21)22)13(6-2)10(3)25-17/h7-9H,5-6H2,1-4H3,(H,19,20)(H,21,22). The topological polar surface area (TPSA) is 101 Å². The zero-order valence-corrected chi connectivity index (χ0v) is 16.7. The smallest absolute Gasteiger partial charge is 0.339 e. The largest absolute Gasteiger partial charge is 0.478 e. The van der Waals surface area contributed by atoms with E-state index in [-0.39, 0.29) is 21.0 Å². The summed E-state index contributed by atoms with van der Waals surface area (Å²) in [6.07, 6.45) is 2.17. The van der Waals surface area contributed by atoms with Crippen LogP contribution in [-0.4, -0.2) is 31.7 Å². The van der Waals surface area contributed by atoms with Crippen LogP contribution in [0.4, 0.5) is 5.00 Å². The summed E-state index contributed by atoms with van der Waals surface area (Å²) in [5.41, 5.74) is 1.71. The van der Waals surface area contributed by atoms with Gasteiger partial charge in [0.05, 0.1) is 10.5 Å². The number of rotatable bonds is 6. The minimum Gasteiger partial charge on any atom is -0.478 e. The van der Waals surface area contributed by atoms with Gasteiger partial charge >= 0.3 is 5.97 Å². The summed E-state index contributed by atoms with van der Waals surface area (Å²) >= 11 is 1.21. The molecule has 0 aliphatic heterocycles. The summed E-state index contributed by atoms with van der Waals surface area (Å²) in [5.74, 6) is -1.61. The average molecular weight is 396 g/mol. The number of carbonyl (C=O) groups excluding carboxylic acids is 1. The predicted octanol–water partition coefficient (Wildman–Crippen LogP) is 3.54. The van der Waals surface area contributed by atoms with Gasteiger partial charge in [-0.25, -0.2) is 13.2 Å². The first-order valence-electron chi connectivity index (χ1n) is 8.10. The molecule has 0 unspecified atom stereocenters. The number of benzene rings is 1. The van der Waals surface area contributed by atoms with Crippen LogP contribution in [0.5, 0.6) is 0 Å². The zero-order valence-electron chi connectivity index (χ0n) is 15.0. The van der Waals surface area contributed by atoms with Crippen molar-refractivity contribution in [3.8, 4) is 0 Å². The molecule has 0 aliphatic rings. The van der Waals surface area contributed by atoms with Crippen molar-refractivity contribution < 1.29 is 23.1 Å². The molecule has 0 radical (unpaired) electrons. The molecule has 0 bridgehead atoms. The molecule has 0 saturated carbocycles. The Bertz CT molecular complexity index is 974. The third-order valence-corrected chi connectivity index (χ3v) is 6.31. The van der Waals surface area contributed by atoms with Gasteiger partial charge in [-0.2, -0.15) is 0 Å². The van der Waals surface area contributed by atoms with Crippen LogP contribution in [-0.2, 0) is 22.7 Å². The van der Waals surface area contributed by atoms with Crippen molar-refractivity contribution in [2.45, 2.75) is 38.5 Å². The molecule has 140 valence electrons. The maximum Gasteiger partial charge on any atom is 0.339 e. The fraction of sp³-hybridized carbons (Fsp3) is 0.333. The van der Waals surface area contributed by atoms with Crippen LogP contribution in [0.2, 0.25) is 0 Å². The van der Waals surface area contributed by atoms with E-state index < -0.39 is 21.7 Å². The Morgan fingerprint density at radius 3 is 2.35 bits per heavy atom. The quantitative estimate of drug-likeness (QED) is 0.779. The fourth-order valence-corrected chi connectivity index (χ4v) is 4.57. The van der Waals surface area contributed by atoms with Gasteiger partial charge in [0, 0.05) is 16.7 Å². The van der Waals surface area contributed by atoms with E-state index in [4.69, 9.17) is 0 Å². The van der Waals surface area contributed by atoms with E-state index in [1.807, 2.05) is 20.8 Å². The number of carboxylic acid groups (broad SMARTS) is 1. The SMILES string of the molecule is CCc1ccc(S(C)(=O)=O)cc1C(=O)Nc1sc(C)c(CC)c1C(=O)O. The average Bonchev–Trinajstić information content (AvgIpc) is 2.88. The first kappa shape index (κ1) is 20.1. The van der Waals surface area contributed by atoms with Gasteiger partial charge < -0.3 is 10.4 Å². The van der Waals surface area contributed by atoms with E-state index in [0.29, 0.717) is 24.0 Å². The minimum absolute atomic E-state index is 0.0508. The van der Waals surface area contributed by atoms with Gasteiger partial charge in [-0.1, -0.05) is 19.9 Å². The van der Waals surface area contributed by atoms with Crippen LogP contribution in [0.3, 0.4) is 0 Å². The zero-order chi connectivity index (χ0) is 19.6. The molecule has 6 nitrogen and oxygen atoms in total. The second-order valence-corrected chi connectivity index (χ2v) is 9.14. The summed E-state index contributed by atoms with van der Waals surface area (Å²) in [4.78, 5) is 25.3. The highest BCUT2D eigenvalue weighted by molar-refractivity contribution is 7.90. The Balaban J connectivity index is 2.50. The number of nitrogens with one attached hydrogen (secondary N) is 1. The highest BCUT2D eigenvalue weighted by atomic mass is 32.2. The van der Waals surface area contributed by atoms with Gasteiger partial charge in [0.2, 0.25) is 0 Å². The molecule has 1 heterocycles. The van der Waals surface area contributed by atoms with Crippen LogP contribution in [0, 0.1) is 6.92 Å². The normalized spacial score (nSPS) is 11.4. The van der Waals surface area contributed by atoms with Gasteiger partial charge in [-0.15, -0.1) is 11.3 Å². The van der Waals surface area contributed by atoms with Crippen molar-refractivity contribution in [3.63, 3.8) is 0 Å². The third kappa shape index (κ3) is 3.96. The Kier molecular flexibility index (Phi) is 5.87. The molecular weight excluding hydrogens is 374 g/mol. The molecular formula is C18H21NO5S2. The van der Waals surface area contributed by atoms with E-state index >= 15 is 0 Å². The molecule has 0 atom stereocenters. The Hall–Kier alpha value is -2.19. The summed E-state index contributed by atoms with van der Waals surface area (Å²) in [6, 6.07) is 4.42. The lowest BCUT2D eigenvalue weighted by Crippen LogP contribution is -2.16. The molecule has 2 rings (SSSR count). The summed E-state index contributed by atoms with van der Waals surface area (Å²) in [6.45, 7) is 5.53. The number of thiophene rings is 1.